The lowest BCUT2D eigenvalue weighted by Gasteiger charge is -2.29. The van der Waals surface area contributed by atoms with Gasteiger partial charge >= 0.3 is 0 Å². The molecule has 0 fully saturated rings. The van der Waals surface area contributed by atoms with Gasteiger partial charge in [-0.15, -0.1) is 0 Å². The van der Waals surface area contributed by atoms with E-state index in [1.807, 2.05) is 55.5 Å². The smallest absolute Gasteiger partial charge is 0.152 e. The normalized spacial score (nSPS) is 11.9. The van der Waals surface area contributed by atoms with E-state index >= 15 is 0 Å². The maximum Gasteiger partial charge on any atom is 0.152 e. The van der Waals surface area contributed by atoms with Crippen molar-refractivity contribution in [3.05, 3.63) is 65.7 Å². The molecule has 0 aromatic heterocycles. The third-order valence-electron chi connectivity index (χ3n) is 3.13. The molecule has 0 bridgehead atoms. The highest BCUT2D eigenvalue weighted by atomic mass is 16.7. The standard InChI is InChI=1S/C16H17NO2/c1-13(14-8-4-3-5-9-14)17(19-2)16-11-7-6-10-15(16)12-18/h3-13H,1-2H3/t13-/m0/s1. The van der Waals surface area contributed by atoms with Crippen molar-refractivity contribution in [2.24, 2.45) is 0 Å². The van der Waals surface area contributed by atoms with Gasteiger partial charge < -0.3 is 0 Å². The number of hydrogen-bond acceptors (Lipinski definition) is 3. The highest BCUT2D eigenvalue weighted by Gasteiger charge is 2.18. The average Bonchev–Trinajstić information content (AvgIpc) is 2.49. The molecule has 0 aliphatic heterocycles. The van der Waals surface area contributed by atoms with Gasteiger partial charge in [0, 0.05) is 5.56 Å². The van der Waals surface area contributed by atoms with E-state index in [4.69, 9.17) is 4.84 Å². The van der Waals surface area contributed by atoms with Gasteiger partial charge in [-0.05, 0) is 24.6 Å². The Kier molecular flexibility index (Phi) is 4.31. The van der Waals surface area contributed by atoms with Crippen molar-refractivity contribution >= 4 is 12.0 Å². The molecule has 0 saturated heterocycles. The van der Waals surface area contributed by atoms with E-state index in [0.29, 0.717) is 5.56 Å². The predicted octanol–water partition coefficient (Wildman–Crippen LogP) is 3.63. The molecule has 0 radical (unpaired) electrons. The minimum atomic E-state index is 0.0206. The number of anilines is 1. The quantitative estimate of drug-likeness (QED) is 0.603. The Hall–Kier alpha value is -2.13. The van der Waals surface area contributed by atoms with Gasteiger partial charge in [0.2, 0.25) is 0 Å². The van der Waals surface area contributed by atoms with Crippen LogP contribution in [0.25, 0.3) is 0 Å². The van der Waals surface area contributed by atoms with Crippen molar-refractivity contribution < 1.29 is 9.63 Å². The van der Waals surface area contributed by atoms with Crippen LogP contribution in [0.15, 0.2) is 54.6 Å². The number of para-hydroxylation sites is 1. The summed E-state index contributed by atoms with van der Waals surface area (Å²) in [5.74, 6) is 0. The molecule has 0 aliphatic rings. The van der Waals surface area contributed by atoms with Gasteiger partial charge in [-0.2, -0.15) is 0 Å². The molecule has 2 rings (SSSR count). The zero-order chi connectivity index (χ0) is 13.7. The van der Waals surface area contributed by atoms with Gasteiger partial charge in [-0.3, -0.25) is 9.63 Å². The third-order valence-corrected chi connectivity index (χ3v) is 3.13. The maximum absolute atomic E-state index is 11.1. The third kappa shape index (κ3) is 2.83. The Balaban J connectivity index is 2.37. The van der Waals surface area contributed by atoms with E-state index in [1.165, 1.54) is 0 Å². The Morgan fingerprint density at radius 2 is 1.68 bits per heavy atom. The fourth-order valence-corrected chi connectivity index (χ4v) is 2.12. The molecule has 19 heavy (non-hydrogen) atoms. The van der Waals surface area contributed by atoms with E-state index in [-0.39, 0.29) is 6.04 Å². The van der Waals surface area contributed by atoms with Crippen molar-refractivity contribution in [2.75, 3.05) is 12.2 Å². The zero-order valence-electron chi connectivity index (χ0n) is 11.1. The first-order valence-corrected chi connectivity index (χ1v) is 6.20. The summed E-state index contributed by atoms with van der Waals surface area (Å²) < 4.78 is 0. The number of aldehydes is 1. The van der Waals surface area contributed by atoms with Crippen LogP contribution in [-0.2, 0) is 4.84 Å². The highest BCUT2D eigenvalue weighted by Crippen LogP contribution is 2.28. The Bertz CT molecular complexity index is 539. The van der Waals surface area contributed by atoms with Crippen LogP contribution in [0.4, 0.5) is 5.69 Å². The molecule has 0 aliphatic carbocycles. The van der Waals surface area contributed by atoms with Crippen LogP contribution in [0.1, 0.15) is 28.9 Å². The lowest BCUT2D eigenvalue weighted by Crippen LogP contribution is -2.26. The minimum absolute atomic E-state index is 0.0206. The number of hydroxylamine groups is 1. The number of hydrogen-bond donors (Lipinski definition) is 0. The van der Waals surface area contributed by atoms with Crippen molar-refractivity contribution in [3.8, 4) is 0 Å². The van der Waals surface area contributed by atoms with E-state index < -0.39 is 0 Å². The number of nitrogens with zero attached hydrogens (tertiary/aromatic N) is 1. The molecular weight excluding hydrogens is 238 g/mol. The lowest BCUT2D eigenvalue weighted by atomic mass is 10.1. The molecule has 3 heteroatoms. The van der Waals surface area contributed by atoms with E-state index in [1.54, 1.807) is 18.2 Å². The van der Waals surface area contributed by atoms with E-state index in [0.717, 1.165) is 17.5 Å². The van der Waals surface area contributed by atoms with Gasteiger partial charge in [-0.25, -0.2) is 5.06 Å². The average molecular weight is 255 g/mol. The lowest BCUT2D eigenvalue weighted by molar-refractivity contribution is 0.111. The summed E-state index contributed by atoms with van der Waals surface area (Å²) in [5, 5.41) is 1.75. The largest absolute Gasteiger partial charge is 0.298 e. The van der Waals surface area contributed by atoms with Gasteiger partial charge in [0.15, 0.2) is 6.29 Å². The summed E-state index contributed by atoms with van der Waals surface area (Å²) in [6, 6.07) is 17.5. The maximum atomic E-state index is 11.1. The first kappa shape index (κ1) is 13.3. The van der Waals surface area contributed by atoms with Gasteiger partial charge in [-0.1, -0.05) is 42.5 Å². The number of carbonyl (C=O) groups is 1. The van der Waals surface area contributed by atoms with Crippen molar-refractivity contribution in [3.63, 3.8) is 0 Å². The van der Waals surface area contributed by atoms with Crippen LogP contribution in [0.3, 0.4) is 0 Å². The molecule has 0 spiro atoms. The SMILES string of the molecule is CON(c1ccccc1C=O)[C@@H](C)c1ccccc1. The summed E-state index contributed by atoms with van der Waals surface area (Å²) in [7, 11) is 1.61. The van der Waals surface area contributed by atoms with Crippen molar-refractivity contribution in [2.45, 2.75) is 13.0 Å². The summed E-state index contributed by atoms with van der Waals surface area (Å²) in [4.78, 5) is 16.6. The van der Waals surface area contributed by atoms with E-state index in [9.17, 15) is 4.79 Å². The fourth-order valence-electron chi connectivity index (χ4n) is 2.12. The molecule has 98 valence electrons. The first-order chi connectivity index (χ1) is 9.27. The summed E-state index contributed by atoms with van der Waals surface area (Å²) in [5.41, 5.74) is 2.52. The fraction of sp³-hybridized carbons (Fsp3) is 0.188. The molecule has 0 amide bonds. The highest BCUT2D eigenvalue weighted by molar-refractivity contribution is 5.84. The minimum Gasteiger partial charge on any atom is -0.298 e. The zero-order valence-corrected chi connectivity index (χ0v) is 11.1. The molecule has 0 heterocycles. The van der Waals surface area contributed by atoms with Crippen molar-refractivity contribution in [1.82, 2.24) is 0 Å². The second-order valence-electron chi connectivity index (χ2n) is 4.27. The summed E-state index contributed by atoms with van der Waals surface area (Å²) in [6.07, 6.45) is 0.846. The Labute approximate surface area is 113 Å². The molecule has 3 nitrogen and oxygen atoms in total. The Morgan fingerprint density at radius 3 is 2.32 bits per heavy atom. The van der Waals surface area contributed by atoms with Crippen LogP contribution in [-0.4, -0.2) is 13.4 Å². The molecule has 1 atom stereocenters. The van der Waals surface area contributed by atoms with Gasteiger partial charge in [0.05, 0.1) is 18.8 Å². The second kappa shape index (κ2) is 6.16. The molecule has 0 saturated carbocycles. The summed E-state index contributed by atoms with van der Waals surface area (Å²) in [6.45, 7) is 2.04. The molecule has 2 aromatic carbocycles. The Morgan fingerprint density at radius 1 is 1.05 bits per heavy atom. The first-order valence-electron chi connectivity index (χ1n) is 6.20. The van der Waals surface area contributed by atoms with E-state index in [2.05, 4.69) is 0 Å². The van der Waals surface area contributed by atoms with Crippen LogP contribution >= 0.6 is 0 Å². The number of rotatable bonds is 5. The molecule has 0 unspecified atom stereocenters. The monoisotopic (exact) mass is 255 g/mol. The predicted molar refractivity (Wildman–Crippen MR) is 76.2 cm³/mol. The van der Waals surface area contributed by atoms with Crippen LogP contribution in [0, 0.1) is 0 Å². The number of benzene rings is 2. The molecule has 0 N–H and O–H groups in total. The van der Waals surface area contributed by atoms with Crippen LogP contribution in [0.2, 0.25) is 0 Å². The van der Waals surface area contributed by atoms with Crippen LogP contribution < -0.4 is 5.06 Å². The van der Waals surface area contributed by atoms with Crippen LogP contribution in [0.5, 0.6) is 0 Å². The number of carbonyl (C=O) groups excluding carboxylic acids is 1. The molecule has 2 aromatic rings. The molecular formula is C16H17NO2. The van der Waals surface area contributed by atoms with Gasteiger partial charge in [0.1, 0.15) is 0 Å². The topological polar surface area (TPSA) is 29.5 Å². The summed E-state index contributed by atoms with van der Waals surface area (Å²) >= 11 is 0. The second-order valence-corrected chi connectivity index (χ2v) is 4.27. The van der Waals surface area contributed by atoms with Crippen molar-refractivity contribution in [1.29, 1.82) is 0 Å². The van der Waals surface area contributed by atoms with Gasteiger partial charge in [0.25, 0.3) is 0 Å².